The Morgan fingerprint density at radius 2 is 2.00 bits per heavy atom. The van der Waals surface area contributed by atoms with Crippen molar-refractivity contribution in [1.29, 1.82) is 0 Å². The summed E-state index contributed by atoms with van der Waals surface area (Å²) < 4.78 is 0. The minimum atomic E-state index is 0.566. The maximum absolute atomic E-state index is 4.26. The highest BCUT2D eigenvalue weighted by atomic mass is 15.2. The monoisotopic (exact) mass is 284 g/mol. The van der Waals surface area contributed by atoms with Gasteiger partial charge in [-0.15, -0.1) is 0 Å². The Kier molecular flexibility index (Phi) is 4.77. The molecular formula is C19H28N2. The van der Waals surface area contributed by atoms with Crippen LogP contribution in [0.15, 0.2) is 42.5 Å². The molecule has 1 aromatic rings. The molecule has 2 aliphatic rings. The Bertz CT molecular complexity index is 468. The first kappa shape index (κ1) is 14.8. The van der Waals surface area contributed by atoms with E-state index in [4.69, 9.17) is 0 Å². The van der Waals surface area contributed by atoms with Crippen LogP contribution in [-0.2, 0) is 6.54 Å². The Balaban J connectivity index is 1.71. The van der Waals surface area contributed by atoms with Gasteiger partial charge in [-0.2, -0.15) is 0 Å². The smallest absolute Gasteiger partial charge is 0.0292 e. The number of nitrogens with zero attached hydrogens (tertiary/aromatic N) is 1. The third-order valence-corrected chi connectivity index (χ3v) is 5.26. The number of fused-ring (bicyclic) bond motifs is 1. The van der Waals surface area contributed by atoms with Crippen molar-refractivity contribution >= 4 is 0 Å². The maximum atomic E-state index is 4.26. The molecule has 1 aromatic carbocycles. The highest BCUT2D eigenvalue weighted by molar-refractivity contribution is 5.15. The van der Waals surface area contributed by atoms with Crippen molar-refractivity contribution in [3.05, 3.63) is 48.0 Å². The maximum Gasteiger partial charge on any atom is 0.0292 e. The standard InChI is InChI=1S/C19H28N2/c1-15(2)17-11-13-21-12-7-6-10-18(21)19(17)20-14-16-8-4-3-5-9-16/h3-5,8-9,17-20H,1,6-7,10-14H2,2H3/t17-,18+,19-/m1/s1. The Labute approximate surface area is 129 Å². The Hall–Kier alpha value is -1.12. The van der Waals surface area contributed by atoms with Gasteiger partial charge in [-0.25, -0.2) is 0 Å². The molecule has 0 saturated carbocycles. The summed E-state index contributed by atoms with van der Waals surface area (Å²) in [4.78, 5) is 2.71. The van der Waals surface area contributed by atoms with Gasteiger partial charge in [0, 0.05) is 18.6 Å². The number of nitrogens with one attached hydrogen (secondary N) is 1. The zero-order chi connectivity index (χ0) is 14.7. The van der Waals surface area contributed by atoms with Gasteiger partial charge in [0.15, 0.2) is 0 Å². The van der Waals surface area contributed by atoms with Crippen LogP contribution in [0.4, 0.5) is 0 Å². The minimum absolute atomic E-state index is 0.566. The second-order valence-corrected chi connectivity index (χ2v) is 6.73. The molecule has 0 bridgehead atoms. The summed E-state index contributed by atoms with van der Waals surface area (Å²) >= 11 is 0. The fraction of sp³-hybridized carbons (Fsp3) is 0.579. The number of piperidine rings is 2. The lowest BCUT2D eigenvalue weighted by molar-refractivity contribution is 0.0530. The molecule has 0 aromatic heterocycles. The lowest BCUT2D eigenvalue weighted by Crippen LogP contribution is -2.59. The van der Waals surface area contributed by atoms with Crippen LogP contribution in [0.3, 0.4) is 0 Å². The minimum Gasteiger partial charge on any atom is -0.308 e. The van der Waals surface area contributed by atoms with Crippen LogP contribution in [0.2, 0.25) is 0 Å². The van der Waals surface area contributed by atoms with Gasteiger partial charge in [0.2, 0.25) is 0 Å². The third-order valence-electron chi connectivity index (χ3n) is 5.26. The number of hydrogen-bond donors (Lipinski definition) is 1. The van der Waals surface area contributed by atoms with Crippen LogP contribution in [0, 0.1) is 5.92 Å². The van der Waals surface area contributed by atoms with Gasteiger partial charge < -0.3 is 5.32 Å². The van der Waals surface area contributed by atoms with Gasteiger partial charge >= 0.3 is 0 Å². The molecule has 2 heterocycles. The zero-order valence-corrected chi connectivity index (χ0v) is 13.2. The van der Waals surface area contributed by atoms with E-state index in [0.717, 1.165) is 6.54 Å². The largest absolute Gasteiger partial charge is 0.308 e. The van der Waals surface area contributed by atoms with Gasteiger partial charge in [-0.05, 0) is 50.8 Å². The summed E-state index contributed by atoms with van der Waals surface area (Å²) in [5.74, 6) is 0.632. The molecule has 114 valence electrons. The topological polar surface area (TPSA) is 15.3 Å². The van der Waals surface area contributed by atoms with Crippen LogP contribution < -0.4 is 5.32 Å². The predicted molar refractivity (Wildman–Crippen MR) is 89.2 cm³/mol. The molecule has 2 fully saturated rings. The molecule has 1 N–H and O–H groups in total. The first-order valence-corrected chi connectivity index (χ1v) is 8.42. The van der Waals surface area contributed by atoms with E-state index >= 15 is 0 Å². The van der Waals surface area contributed by atoms with Crippen molar-refractivity contribution in [2.75, 3.05) is 13.1 Å². The van der Waals surface area contributed by atoms with Crippen molar-refractivity contribution in [2.45, 2.75) is 51.2 Å². The van der Waals surface area contributed by atoms with Gasteiger partial charge in [-0.3, -0.25) is 4.90 Å². The summed E-state index contributed by atoms with van der Waals surface area (Å²) in [5.41, 5.74) is 2.73. The highest BCUT2D eigenvalue weighted by Gasteiger charge is 2.38. The first-order chi connectivity index (χ1) is 10.3. The molecule has 2 saturated heterocycles. The summed E-state index contributed by atoms with van der Waals surface area (Å²) in [6.45, 7) is 9.99. The molecule has 3 atom stereocenters. The third kappa shape index (κ3) is 3.38. The van der Waals surface area contributed by atoms with E-state index in [-0.39, 0.29) is 0 Å². The highest BCUT2D eigenvalue weighted by Crippen LogP contribution is 2.33. The van der Waals surface area contributed by atoms with E-state index in [2.05, 4.69) is 54.1 Å². The molecule has 0 amide bonds. The van der Waals surface area contributed by atoms with Crippen LogP contribution >= 0.6 is 0 Å². The molecule has 21 heavy (non-hydrogen) atoms. The van der Waals surface area contributed by atoms with E-state index in [1.54, 1.807) is 0 Å². The van der Waals surface area contributed by atoms with Crippen LogP contribution in [0.1, 0.15) is 38.2 Å². The molecule has 2 nitrogen and oxygen atoms in total. The van der Waals surface area contributed by atoms with E-state index < -0.39 is 0 Å². The predicted octanol–water partition coefficient (Wildman–Crippen LogP) is 3.60. The fourth-order valence-electron chi connectivity index (χ4n) is 4.12. The van der Waals surface area contributed by atoms with E-state index in [9.17, 15) is 0 Å². The molecule has 0 aliphatic carbocycles. The SMILES string of the molecule is C=C(C)[C@H]1CCN2CCCC[C@H]2[C@@H]1NCc1ccccc1. The van der Waals surface area contributed by atoms with E-state index in [0.29, 0.717) is 18.0 Å². The molecule has 0 unspecified atom stereocenters. The quantitative estimate of drug-likeness (QED) is 0.850. The van der Waals surface area contributed by atoms with E-state index in [1.807, 2.05) is 0 Å². The Morgan fingerprint density at radius 1 is 1.19 bits per heavy atom. The van der Waals surface area contributed by atoms with Crippen LogP contribution in [0.5, 0.6) is 0 Å². The molecule has 0 radical (unpaired) electrons. The van der Waals surface area contributed by atoms with Crippen molar-refractivity contribution < 1.29 is 0 Å². The Morgan fingerprint density at radius 3 is 2.76 bits per heavy atom. The average molecular weight is 284 g/mol. The van der Waals surface area contributed by atoms with E-state index in [1.165, 1.54) is 49.9 Å². The second kappa shape index (κ2) is 6.76. The normalized spacial score (nSPS) is 29.9. The summed E-state index contributed by atoms with van der Waals surface area (Å²) in [5, 5.41) is 3.87. The van der Waals surface area contributed by atoms with Crippen LogP contribution in [0.25, 0.3) is 0 Å². The van der Waals surface area contributed by atoms with Gasteiger partial charge in [-0.1, -0.05) is 48.9 Å². The number of rotatable bonds is 4. The summed E-state index contributed by atoms with van der Waals surface area (Å²) in [7, 11) is 0. The molecule has 2 heteroatoms. The lowest BCUT2D eigenvalue weighted by Gasteiger charge is -2.48. The van der Waals surface area contributed by atoms with Crippen molar-refractivity contribution in [1.82, 2.24) is 10.2 Å². The zero-order valence-electron chi connectivity index (χ0n) is 13.2. The van der Waals surface area contributed by atoms with Crippen LogP contribution in [-0.4, -0.2) is 30.1 Å². The van der Waals surface area contributed by atoms with Gasteiger partial charge in [0.1, 0.15) is 0 Å². The summed E-state index contributed by atoms with van der Waals surface area (Å²) in [6.07, 6.45) is 5.36. The fourth-order valence-corrected chi connectivity index (χ4v) is 4.12. The van der Waals surface area contributed by atoms with Crippen molar-refractivity contribution in [3.8, 4) is 0 Å². The lowest BCUT2D eigenvalue weighted by atomic mass is 9.78. The second-order valence-electron chi connectivity index (χ2n) is 6.73. The summed E-state index contributed by atoms with van der Waals surface area (Å²) in [6, 6.07) is 12.0. The van der Waals surface area contributed by atoms with Gasteiger partial charge in [0.25, 0.3) is 0 Å². The van der Waals surface area contributed by atoms with Gasteiger partial charge in [0.05, 0.1) is 0 Å². The van der Waals surface area contributed by atoms with Crippen molar-refractivity contribution in [3.63, 3.8) is 0 Å². The molecular weight excluding hydrogens is 256 g/mol. The first-order valence-electron chi connectivity index (χ1n) is 8.42. The molecule has 2 aliphatic heterocycles. The number of hydrogen-bond acceptors (Lipinski definition) is 2. The molecule has 3 rings (SSSR count). The molecule has 0 spiro atoms. The average Bonchev–Trinajstić information content (AvgIpc) is 2.53. The van der Waals surface area contributed by atoms with Crippen molar-refractivity contribution in [2.24, 2.45) is 5.92 Å². The number of benzene rings is 1.